The van der Waals surface area contributed by atoms with E-state index in [9.17, 15) is 0 Å². The molecule has 0 spiro atoms. The van der Waals surface area contributed by atoms with Gasteiger partial charge in [0.15, 0.2) is 0 Å². The molecule has 1 heterocycles. The van der Waals surface area contributed by atoms with Gasteiger partial charge in [-0.2, -0.15) is 0 Å². The highest BCUT2D eigenvalue weighted by molar-refractivity contribution is 7.37. The van der Waals surface area contributed by atoms with Crippen LogP contribution in [0.4, 0.5) is 0 Å². The molecule has 0 aliphatic heterocycles. The Kier molecular flexibility index (Phi) is 5.16. The molecule has 0 aliphatic rings. The predicted octanol–water partition coefficient (Wildman–Crippen LogP) is 8.50. The lowest BCUT2D eigenvalue weighted by atomic mass is 9.99. The highest BCUT2D eigenvalue weighted by Crippen LogP contribution is 2.42. The minimum absolute atomic E-state index is 1.27. The molecule has 0 atom stereocenters. The number of hydrogen-bond acceptors (Lipinski definition) is 0. The quantitative estimate of drug-likeness (QED) is 0.334. The van der Waals surface area contributed by atoms with Gasteiger partial charge in [-0.25, -0.2) is 0 Å². The van der Waals surface area contributed by atoms with Gasteiger partial charge in [0.05, 0.1) is 0 Å². The van der Waals surface area contributed by atoms with E-state index in [1.54, 1.807) is 0 Å². The second-order valence-electron chi connectivity index (χ2n) is 7.63. The molecule has 1 heteroatoms. The predicted molar refractivity (Wildman–Crippen MR) is 124 cm³/mol. The third-order valence-corrected chi connectivity index (χ3v) is 6.47. The molecule has 0 aliphatic carbocycles. The summed E-state index contributed by atoms with van der Waals surface area (Å²) in [5.41, 5.74) is 10.5. The summed E-state index contributed by atoms with van der Waals surface area (Å²) in [5, 5.41) is 2.74. The summed E-state index contributed by atoms with van der Waals surface area (Å²) >= 11 is 0. The Balaban J connectivity index is 1.96. The Hall–Kier alpha value is -2.69. The normalized spacial score (nSPS) is 10.9. The average molecular weight is 380 g/mol. The number of hydrogen-bond donors (Lipinski definition) is 0. The molecule has 0 saturated heterocycles. The van der Waals surface area contributed by atoms with Crippen LogP contribution in [0.25, 0.3) is 32.8 Å². The van der Waals surface area contributed by atoms with Gasteiger partial charge in [0.1, 0.15) is 0 Å². The van der Waals surface area contributed by atoms with Crippen molar-refractivity contribution in [3.63, 3.8) is 0 Å². The first-order valence-corrected chi connectivity index (χ1v) is 10.6. The average Bonchev–Trinajstić information content (AvgIpc) is 2.68. The monoisotopic (exact) mass is 380 g/mol. The lowest BCUT2D eigenvalue weighted by Gasteiger charge is -2.14. The van der Waals surface area contributed by atoms with Gasteiger partial charge >= 0.3 is 0 Å². The van der Waals surface area contributed by atoms with Crippen molar-refractivity contribution >= 4 is 8.19 Å². The van der Waals surface area contributed by atoms with Crippen LogP contribution in [0.2, 0.25) is 0 Å². The number of rotatable bonds is 3. The second-order valence-corrected chi connectivity index (χ2v) is 8.82. The highest BCUT2D eigenvalue weighted by Gasteiger charge is 2.11. The summed E-state index contributed by atoms with van der Waals surface area (Å²) in [4.78, 5) is 0. The molecule has 1 aromatic heterocycles. The molecular weight excluding hydrogens is 355 g/mol. The lowest BCUT2D eigenvalue weighted by molar-refractivity contribution is 1.39. The van der Waals surface area contributed by atoms with Crippen molar-refractivity contribution in [2.24, 2.45) is 0 Å². The molecule has 0 fully saturated rings. The minimum atomic E-state index is 1.27. The molecule has 0 saturated carbocycles. The van der Waals surface area contributed by atoms with Crippen molar-refractivity contribution in [1.29, 1.82) is 0 Å². The van der Waals surface area contributed by atoms with E-state index in [-0.39, 0.29) is 0 Å². The van der Waals surface area contributed by atoms with Gasteiger partial charge in [-0.3, -0.25) is 0 Å². The molecule has 0 radical (unpaired) electrons. The Morgan fingerprint density at radius 2 is 1.00 bits per heavy atom. The fraction of sp³-hybridized carbons (Fsp3) is 0.148. The molecule has 28 heavy (non-hydrogen) atoms. The van der Waals surface area contributed by atoms with E-state index >= 15 is 0 Å². The SMILES string of the molecule is Cc1ccc(-c2cc(-c3ccccc3)cc(-c3ccc(C)cc3C)p2)c(C)c1. The van der Waals surface area contributed by atoms with E-state index in [1.807, 2.05) is 0 Å². The van der Waals surface area contributed by atoms with Gasteiger partial charge in [-0.05, 0) is 73.2 Å². The molecule has 0 bridgehead atoms. The first-order valence-electron chi connectivity index (χ1n) is 9.74. The van der Waals surface area contributed by atoms with Gasteiger partial charge in [0.25, 0.3) is 0 Å². The van der Waals surface area contributed by atoms with E-state index in [1.165, 1.54) is 63.3 Å². The summed E-state index contributed by atoms with van der Waals surface area (Å²) in [7, 11) is 1.27. The summed E-state index contributed by atoms with van der Waals surface area (Å²) in [6.45, 7) is 8.75. The summed E-state index contributed by atoms with van der Waals surface area (Å²) in [6.07, 6.45) is 0. The maximum Gasteiger partial charge on any atom is 0.0105 e. The molecule has 138 valence electrons. The zero-order valence-corrected chi connectivity index (χ0v) is 17.8. The van der Waals surface area contributed by atoms with Crippen LogP contribution in [0.1, 0.15) is 22.3 Å². The van der Waals surface area contributed by atoms with Crippen molar-refractivity contribution in [3.05, 3.63) is 101 Å². The van der Waals surface area contributed by atoms with Crippen LogP contribution in [0.5, 0.6) is 0 Å². The molecule has 4 rings (SSSR count). The zero-order valence-electron chi connectivity index (χ0n) is 17.0. The van der Waals surface area contributed by atoms with Crippen LogP contribution in [0.15, 0.2) is 78.9 Å². The Morgan fingerprint density at radius 3 is 1.46 bits per heavy atom. The van der Waals surface area contributed by atoms with E-state index in [2.05, 4.69) is 107 Å². The topological polar surface area (TPSA) is 0 Å². The van der Waals surface area contributed by atoms with E-state index in [0.717, 1.165) is 0 Å². The van der Waals surface area contributed by atoms with Gasteiger partial charge in [-0.1, -0.05) is 86.0 Å². The van der Waals surface area contributed by atoms with Gasteiger partial charge in [-0.15, -0.1) is 0 Å². The third kappa shape index (κ3) is 3.79. The van der Waals surface area contributed by atoms with E-state index in [4.69, 9.17) is 0 Å². The smallest absolute Gasteiger partial charge is 0.0105 e. The molecule has 0 unspecified atom stereocenters. The molecule has 0 N–H and O–H groups in total. The first-order chi connectivity index (χ1) is 13.5. The largest absolute Gasteiger partial charge is 0.0622 e. The van der Waals surface area contributed by atoms with Gasteiger partial charge in [0.2, 0.25) is 0 Å². The summed E-state index contributed by atoms with van der Waals surface area (Å²) < 4.78 is 0. The van der Waals surface area contributed by atoms with Crippen LogP contribution in [-0.4, -0.2) is 0 Å². The maximum absolute atomic E-state index is 2.36. The molecule has 3 aromatic carbocycles. The van der Waals surface area contributed by atoms with Crippen molar-refractivity contribution in [1.82, 2.24) is 0 Å². The van der Waals surface area contributed by atoms with Crippen LogP contribution < -0.4 is 0 Å². The van der Waals surface area contributed by atoms with Crippen LogP contribution in [-0.2, 0) is 0 Å². The summed E-state index contributed by atoms with van der Waals surface area (Å²) in [6, 6.07) is 29.0. The van der Waals surface area contributed by atoms with Gasteiger partial charge < -0.3 is 0 Å². The molecule has 0 amide bonds. The van der Waals surface area contributed by atoms with Crippen LogP contribution >= 0.6 is 8.19 Å². The van der Waals surface area contributed by atoms with E-state index in [0.29, 0.717) is 0 Å². The van der Waals surface area contributed by atoms with Crippen molar-refractivity contribution in [3.8, 4) is 32.8 Å². The lowest BCUT2D eigenvalue weighted by Crippen LogP contribution is -1.87. The van der Waals surface area contributed by atoms with Crippen molar-refractivity contribution < 1.29 is 0 Å². The Bertz CT molecular complexity index is 1070. The van der Waals surface area contributed by atoms with Crippen LogP contribution in [0, 0.1) is 27.7 Å². The fourth-order valence-corrected chi connectivity index (χ4v) is 5.22. The first kappa shape index (κ1) is 18.7. The molecular formula is C27H25P. The molecule has 4 aromatic rings. The van der Waals surface area contributed by atoms with Crippen molar-refractivity contribution in [2.45, 2.75) is 27.7 Å². The fourth-order valence-electron chi connectivity index (χ4n) is 3.81. The standard InChI is InChI=1S/C27H25P/c1-18-10-12-24(20(3)14-18)26-16-23(22-8-6-5-7-9-22)17-27(28-26)25-13-11-19(2)15-21(25)4/h5-17H,1-4H3. The number of aryl methyl sites for hydroxylation is 4. The maximum atomic E-state index is 2.36. The van der Waals surface area contributed by atoms with Crippen molar-refractivity contribution in [2.75, 3.05) is 0 Å². The Morgan fingerprint density at radius 1 is 0.500 bits per heavy atom. The third-order valence-electron chi connectivity index (χ3n) is 5.25. The van der Waals surface area contributed by atoms with E-state index < -0.39 is 0 Å². The van der Waals surface area contributed by atoms with Gasteiger partial charge in [0, 0.05) is 10.6 Å². The Labute approximate surface area is 170 Å². The minimum Gasteiger partial charge on any atom is -0.0622 e. The number of benzene rings is 3. The summed E-state index contributed by atoms with van der Waals surface area (Å²) in [5.74, 6) is 0. The second kappa shape index (κ2) is 7.74. The molecule has 0 nitrogen and oxygen atoms in total. The van der Waals surface area contributed by atoms with Crippen LogP contribution in [0.3, 0.4) is 0 Å². The highest BCUT2D eigenvalue weighted by atomic mass is 31.0. The zero-order chi connectivity index (χ0) is 19.7.